The first-order valence-electron chi connectivity index (χ1n) is 6.21. The van der Waals surface area contributed by atoms with Gasteiger partial charge in [-0.1, -0.05) is 67.3 Å². The summed E-state index contributed by atoms with van der Waals surface area (Å²) in [6, 6.07) is 10.6. The van der Waals surface area contributed by atoms with Gasteiger partial charge in [0.25, 0.3) is 0 Å². The number of benzene rings is 1. The zero-order chi connectivity index (χ0) is 13.1. The molecular weight excluding hydrogens is 224 g/mol. The van der Waals surface area contributed by atoms with E-state index in [1.165, 1.54) is 5.19 Å². The van der Waals surface area contributed by atoms with Crippen LogP contribution in [0.1, 0.15) is 20.8 Å². The summed E-state index contributed by atoms with van der Waals surface area (Å²) in [5, 5.41) is 11.3. The van der Waals surface area contributed by atoms with Gasteiger partial charge in [-0.2, -0.15) is 0 Å². The Kier molecular flexibility index (Phi) is 4.34. The summed E-state index contributed by atoms with van der Waals surface area (Å²) in [5.74, 6) is 0.179. The molecule has 17 heavy (non-hydrogen) atoms. The number of rotatable bonds is 4. The van der Waals surface area contributed by atoms with Crippen molar-refractivity contribution in [3.05, 3.63) is 42.1 Å². The number of aliphatic hydroxyl groups is 1. The number of hydrogen-bond acceptors (Lipinski definition) is 1. The van der Waals surface area contributed by atoms with E-state index in [-0.39, 0.29) is 5.92 Å². The molecule has 0 heterocycles. The van der Waals surface area contributed by atoms with Gasteiger partial charge < -0.3 is 5.11 Å². The van der Waals surface area contributed by atoms with Crippen LogP contribution in [0.3, 0.4) is 0 Å². The smallest absolute Gasteiger partial charge is 0.103 e. The van der Waals surface area contributed by atoms with Gasteiger partial charge in [0.2, 0.25) is 0 Å². The third-order valence-corrected chi connectivity index (χ3v) is 6.28. The third-order valence-electron chi connectivity index (χ3n) is 3.43. The molecule has 94 valence electrons. The zero-order valence-electron chi connectivity index (χ0n) is 11.6. The van der Waals surface area contributed by atoms with Crippen LogP contribution < -0.4 is 5.19 Å². The normalized spacial score (nSPS) is 15.2. The van der Waals surface area contributed by atoms with Gasteiger partial charge in [0.05, 0.1) is 5.60 Å². The zero-order valence-corrected chi connectivity index (χ0v) is 12.6. The SMILES string of the molecule is CC(/C=C\[Si](C)(C)c1ccccc1)C(C)(C)O. The highest BCUT2D eigenvalue weighted by Gasteiger charge is 2.23. The van der Waals surface area contributed by atoms with Gasteiger partial charge in [-0.05, 0) is 13.8 Å². The van der Waals surface area contributed by atoms with Gasteiger partial charge in [0, 0.05) is 5.92 Å². The maximum absolute atomic E-state index is 9.92. The van der Waals surface area contributed by atoms with E-state index in [0.717, 1.165) is 0 Å². The fraction of sp³-hybridized carbons (Fsp3) is 0.467. The van der Waals surface area contributed by atoms with E-state index in [1.54, 1.807) is 0 Å². The first-order chi connectivity index (χ1) is 7.73. The Morgan fingerprint density at radius 2 is 1.71 bits per heavy atom. The van der Waals surface area contributed by atoms with Crippen molar-refractivity contribution in [3.8, 4) is 0 Å². The predicted octanol–water partition coefficient (Wildman–Crippen LogP) is 3.10. The Morgan fingerprint density at radius 3 is 2.18 bits per heavy atom. The minimum Gasteiger partial charge on any atom is -0.390 e. The monoisotopic (exact) mass is 248 g/mol. The molecule has 0 spiro atoms. The lowest BCUT2D eigenvalue weighted by Crippen LogP contribution is -2.40. The van der Waals surface area contributed by atoms with Crippen LogP contribution in [0, 0.1) is 5.92 Å². The second-order valence-electron chi connectivity index (χ2n) is 5.89. The summed E-state index contributed by atoms with van der Waals surface area (Å²) < 4.78 is 0. The van der Waals surface area contributed by atoms with E-state index in [9.17, 15) is 5.11 Å². The Morgan fingerprint density at radius 1 is 1.18 bits per heavy atom. The highest BCUT2D eigenvalue weighted by molar-refractivity contribution is 6.93. The average Bonchev–Trinajstić information content (AvgIpc) is 2.26. The van der Waals surface area contributed by atoms with Gasteiger partial charge in [0.1, 0.15) is 8.07 Å². The van der Waals surface area contributed by atoms with Crippen LogP contribution in [-0.4, -0.2) is 18.8 Å². The molecule has 0 fully saturated rings. The van der Waals surface area contributed by atoms with E-state index < -0.39 is 13.7 Å². The van der Waals surface area contributed by atoms with Gasteiger partial charge in [-0.3, -0.25) is 0 Å². The molecule has 0 aliphatic carbocycles. The molecule has 1 nitrogen and oxygen atoms in total. The van der Waals surface area contributed by atoms with Gasteiger partial charge in [-0.15, -0.1) is 0 Å². The highest BCUT2D eigenvalue weighted by atomic mass is 28.3. The molecule has 1 unspecified atom stereocenters. The third kappa shape index (κ3) is 4.13. The number of hydrogen-bond donors (Lipinski definition) is 1. The van der Waals surface area contributed by atoms with Crippen molar-refractivity contribution in [1.82, 2.24) is 0 Å². The Bertz CT molecular complexity index is 374. The largest absolute Gasteiger partial charge is 0.390 e. The molecule has 0 radical (unpaired) electrons. The second-order valence-corrected chi connectivity index (χ2v) is 10.2. The molecule has 0 saturated carbocycles. The maximum atomic E-state index is 9.92. The van der Waals surface area contributed by atoms with Crippen molar-refractivity contribution in [2.24, 2.45) is 5.92 Å². The molecular formula is C15H24OSi. The first-order valence-corrected chi connectivity index (χ1v) is 9.28. The van der Waals surface area contributed by atoms with Gasteiger partial charge in [-0.25, -0.2) is 0 Å². The highest BCUT2D eigenvalue weighted by Crippen LogP contribution is 2.18. The summed E-state index contributed by atoms with van der Waals surface area (Å²) in [5.41, 5.74) is 1.68. The van der Waals surface area contributed by atoms with Crippen LogP contribution in [0.2, 0.25) is 13.1 Å². The molecule has 0 bridgehead atoms. The van der Waals surface area contributed by atoms with Crippen molar-refractivity contribution in [3.63, 3.8) is 0 Å². The summed E-state index contributed by atoms with van der Waals surface area (Å²) in [7, 11) is -1.51. The van der Waals surface area contributed by atoms with Gasteiger partial charge in [0.15, 0.2) is 0 Å². The van der Waals surface area contributed by atoms with E-state index in [1.807, 2.05) is 13.8 Å². The molecule has 2 heteroatoms. The molecule has 1 N–H and O–H groups in total. The standard InChI is InChI=1S/C15H24OSi/c1-13(15(2,3)16)11-12-17(4,5)14-9-7-6-8-10-14/h6-13,16H,1-5H3/b12-11-. The molecule has 0 aliphatic heterocycles. The molecule has 0 saturated heterocycles. The van der Waals surface area contributed by atoms with Crippen molar-refractivity contribution in [2.45, 2.75) is 39.5 Å². The second kappa shape index (κ2) is 5.19. The first kappa shape index (κ1) is 14.2. The molecule has 1 atom stereocenters. The van der Waals surface area contributed by atoms with Crippen LogP contribution in [-0.2, 0) is 0 Å². The van der Waals surface area contributed by atoms with Crippen LogP contribution in [0.25, 0.3) is 0 Å². The van der Waals surface area contributed by atoms with Crippen molar-refractivity contribution in [1.29, 1.82) is 0 Å². The van der Waals surface area contributed by atoms with Gasteiger partial charge >= 0.3 is 0 Å². The fourth-order valence-corrected chi connectivity index (χ4v) is 3.60. The Labute approximate surface area is 106 Å². The van der Waals surface area contributed by atoms with Crippen LogP contribution in [0.15, 0.2) is 42.1 Å². The molecule has 1 aromatic rings. The van der Waals surface area contributed by atoms with Crippen molar-refractivity contribution in [2.75, 3.05) is 0 Å². The lowest BCUT2D eigenvalue weighted by atomic mass is 9.93. The van der Waals surface area contributed by atoms with Crippen molar-refractivity contribution < 1.29 is 5.11 Å². The van der Waals surface area contributed by atoms with E-state index >= 15 is 0 Å². The predicted molar refractivity (Wildman–Crippen MR) is 78.2 cm³/mol. The van der Waals surface area contributed by atoms with E-state index in [4.69, 9.17) is 0 Å². The van der Waals surface area contributed by atoms with Crippen LogP contribution >= 0.6 is 0 Å². The van der Waals surface area contributed by atoms with E-state index in [0.29, 0.717) is 0 Å². The topological polar surface area (TPSA) is 20.2 Å². The Balaban J connectivity index is 2.84. The summed E-state index contributed by atoms with van der Waals surface area (Å²) in [6.07, 6.45) is 2.17. The van der Waals surface area contributed by atoms with Crippen molar-refractivity contribution >= 4 is 13.3 Å². The summed E-state index contributed by atoms with van der Waals surface area (Å²) in [6.45, 7) is 10.4. The maximum Gasteiger partial charge on any atom is 0.103 e. The molecule has 0 aliphatic rings. The minimum absolute atomic E-state index is 0.179. The quantitative estimate of drug-likeness (QED) is 0.812. The minimum atomic E-state index is -1.51. The lowest BCUT2D eigenvalue weighted by Gasteiger charge is -2.25. The lowest BCUT2D eigenvalue weighted by molar-refractivity contribution is 0.0441. The van der Waals surface area contributed by atoms with Crippen LogP contribution in [0.4, 0.5) is 0 Å². The summed E-state index contributed by atoms with van der Waals surface area (Å²) in [4.78, 5) is 0. The van der Waals surface area contributed by atoms with E-state index in [2.05, 4.69) is 62.1 Å². The fourth-order valence-electron chi connectivity index (χ4n) is 1.58. The summed E-state index contributed by atoms with van der Waals surface area (Å²) >= 11 is 0. The molecule has 0 aromatic heterocycles. The molecule has 1 aromatic carbocycles. The van der Waals surface area contributed by atoms with Crippen LogP contribution in [0.5, 0.6) is 0 Å². The molecule has 1 rings (SSSR count). The Hall–Kier alpha value is -0.863. The molecule has 0 amide bonds. The average molecular weight is 248 g/mol.